The van der Waals surface area contributed by atoms with E-state index in [1.165, 1.54) is 11.1 Å². The van der Waals surface area contributed by atoms with Crippen molar-refractivity contribution in [2.24, 2.45) is 5.73 Å². The number of hydrogen-bond acceptors (Lipinski definition) is 3. The van der Waals surface area contributed by atoms with E-state index in [1.54, 1.807) is 0 Å². The zero-order valence-corrected chi connectivity index (χ0v) is 11.1. The maximum Gasteiger partial charge on any atom is 0.104 e. The predicted octanol–water partition coefficient (Wildman–Crippen LogP) is 2.51. The second kappa shape index (κ2) is 5.78. The molecule has 4 heteroatoms. The molecular formula is C14H20N4. The van der Waals surface area contributed by atoms with Gasteiger partial charge in [0.05, 0.1) is 5.69 Å². The molecule has 1 aromatic heterocycles. The van der Waals surface area contributed by atoms with Crippen molar-refractivity contribution in [1.29, 1.82) is 0 Å². The molecule has 0 amide bonds. The van der Waals surface area contributed by atoms with Crippen molar-refractivity contribution in [2.75, 3.05) is 0 Å². The first kappa shape index (κ1) is 12.8. The van der Waals surface area contributed by atoms with Crippen molar-refractivity contribution >= 4 is 0 Å². The van der Waals surface area contributed by atoms with Crippen LogP contribution in [0.3, 0.4) is 0 Å². The van der Waals surface area contributed by atoms with Crippen LogP contribution in [0.15, 0.2) is 24.3 Å². The number of unbranched alkanes of at least 4 members (excludes halogenated alkanes) is 1. The van der Waals surface area contributed by atoms with E-state index >= 15 is 0 Å². The highest BCUT2D eigenvalue weighted by Crippen LogP contribution is 2.25. The summed E-state index contributed by atoms with van der Waals surface area (Å²) in [7, 11) is 0. The summed E-state index contributed by atoms with van der Waals surface area (Å²) in [6.45, 7) is 5.60. The van der Waals surface area contributed by atoms with E-state index < -0.39 is 0 Å². The molecule has 0 aliphatic rings. The standard InChI is InChI=1S/C14H20N4/c1-3-4-9-18-14(13(10-15)16-17-18)12-8-6-5-7-11(12)2/h5-8H,3-4,9-10,15H2,1-2H3. The molecule has 0 radical (unpaired) electrons. The van der Waals surface area contributed by atoms with Crippen molar-refractivity contribution in [3.05, 3.63) is 35.5 Å². The molecule has 96 valence electrons. The quantitative estimate of drug-likeness (QED) is 0.879. The zero-order chi connectivity index (χ0) is 13.0. The molecule has 1 heterocycles. The first-order valence-electron chi connectivity index (χ1n) is 6.46. The van der Waals surface area contributed by atoms with Crippen LogP contribution in [0.25, 0.3) is 11.3 Å². The van der Waals surface area contributed by atoms with E-state index in [4.69, 9.17) is 5.73 Å². The van der Waals surface area contributed by atoms with Crippen molar-refractivity contribution in [3.63, 3.8) is 0 Å². The van der Waals surface area contributed by atoms with Gasteiger partial charge in [0.1, 0.15) is 5.69 Å². The lowest BCUT2D eigenvalue weighted by atomic mass is 10.0. The maximum absolute atomic E-state index is 5.76. The van der Waals surface area contributed by atoms with Crippen LogP contribution >= 0.6 is 0 Å². The third-order valence-electron chi connectivity index (χ3n) is 3.12. The van der Waals surface area contributed by atoms with E-state index in [1.807, 2.05) is 16.8 Å². The monoisotopic (exact) mass is 244 g/mol. The Morgan fingerprint density at radius 3 is 2.72 bits per heavy atom. The third-order valence-corrected chi connectivity index (χ3v) is 3.12. The van der Waals surface area contributed by atoms with Gasteiger partial charge in [0.2, 0.25) is 0 Å². The van der Waals surface area contributed by atoms with E-state index in [0.29, 0.717) is 6.54 Å². The number of nitrogens with zero attached hydrogens (tertiary/aromatic N) is 3. The zero-order valence-electron chi connectivity index (χ0n) is 11.1. The van der Waals surface area contributed by atoms with E-state index in [2.05, 4.69) is 36.3 Å². The van der Waals surface area contributed by atoms with Crippen molar-refractivity contribution in [2.45, 2.75) is 39.8 Å². The van der Waals surface area contributed by atoms with Crippen LogP contribution in [0.4, 0.5) is 0 Å². The number of benzene rings is 1. The molecule has 0 unspecified atom stereocenters. The molecule has 0 aliphatic heterocycles. The van der Waals surface area contributed by atoms with Gasteiger partial charge in [-0.1, -0.05) is 42.8 Å². The van der Waals surface area contributed by atoms with Crippen molar-refractivity contribution < 1.29 is 0 Å². The second-order valence-electron chi connectivity index (χ2n) is 4.48. The molecule has 0 aliphatic carbocycles. The number of aryl methyl sites for hydroxylation is 2. The van der Waals surface area contributed by atoms with Gasteiger partial charge in [0.25, 0.3) is 0 Å². The molecule has 0 bridgehead atoms. The molecule has 0 saturated carbocycles. The van der Waals surface area contributed by atoms with Gasteiger partial charge in [0, 0.05) is 18.7 Å². The molecule has 2 N–H and O–H groups in total. The molecule has 1 aromatic carbocycles. The highest BCUT2D eigenvalue weighted by molar-refractivity contribution is 5.65. The van der Waals surface area contributed by atoms with E-state index in [0.717, 1.165) is 30.8 Å². The lowest BCUT2D eigenvalue weighted by Gasteiger charge is -2.09. The third kappa shape index (κ3) is 2.43. The van der Waals surface area contributed by atoms with E-state index in [9.17, 15) is 0 Å². The van der Waals surface area contributed by atoms with Crippen LogP contribution in [0.5, 0.6) is 0 Å². The summed E-state index contributed by atoms with van der Waals surface area (Å²) < 4.78 is 1.98. The Bertz CT molecular complexity index is 516. The van der Waals surface area contributed by atoms with Gasteiger partial charge in [-0.05, 0) is 18.9 Å². The summed E-state index contributed by atoms with van der Waals surface area (Å²) in [6.07, 6.45) is 2.25. The molecule has 2 aromatic rings. The summed E-state index contributed by atoms with van der Waals surface area (Å²) in [5, 5.41) is 8.42. The van der Waals surface area contributed by atoms with Crippen LogP contribution < -0.4 is 5.73 Å². The van der Waals surface area contributed by atoms with Crippen LogP contribution in [0.2, 0.25) is 0 Å². The normalized spacial score (nSPS) is 10.8. The fourth-order valence-electron chi connectivity index (χ4n) is 2.08. The summed E-state index contributed by atoms with van der Waals surface area (Å²) in [5.41, 5.74) is 10.1. The van der Waals surface area contributed by atoms with E-state index in [-0.39, 0.29) is 0 Å². The predicted molar refractivity (Wildman–Crippen MR) is 73.0 cm³/mol. The topological polar surface area (TPSA) is 56.7 Å². The largest absolute Gasteiger partial charge is 0.325 e. The van der Waals surface area contributed by atoms with Crippen LogP contribution in [0, 0.1) is 6.92 Å². The average Bonchev–Trinajstić information content (AvgIpc) is 2.79. The number of aromatic nitrogens is 3. The maximum atomic E-state index is 5.76. The SMILES string of the molecule is CCCCn1nnc(CN)c1-c1ccccc1C. The summed E-state index contributed by atoms with van der Waals surface area (Å²) in [5.74, 6) is 0. The fourth-order valence-corrected chi connectivity index (χ4v) is 2.08. The van der Waals surface area contributed by atoms with Gasteiger partial charge < -0.3 is 5.73 Å². The van der Waals surface area contributed by atoms with Crippen molar-refractivity contribution in [1.82, 2.24) is 15.0 Å². The highest BCUT2D eigenvalue weighted by Gasteiger charge is 2.14. The first-order valence-corrected chi connectivity index (χ1v) is 6.46. The summed E-state index contributed by atoms with van der Waals surface area (Å²) in [6, 6.07) is 8.29. The molecule has 18 heavy (non-hydrogen) atoms. The van der Waals surface area contributed by atoms with Gasteiger partial charge >= 0.3 is 0 Å². The molecular weight excluding hydrogens is 224 g/mol. The van der Waals surface area contributed by atoms with Gasteiger partial charge in [-0.15, -0.1) is 5.10 Å². The Labute approximate surface area is 108 Å². The molecule has 4 nitrogen and oxygen atoms in total. The number of nitrogens with two attached hydrogens (primary N) is 1. The molecule has 0 saturated heterocycles. The smallest absolute Gasteiger partial charge is 0.104 e. The minimum atomic E-state index is 0.426. The molecule has 2 rings (SSSR count). The van der Waals surface area contributed by atoms with Gasteiger partial charge in [0.15, 0.2) is 0 Å². The minimum absolute atomic E-state index is 0.426. The van der Waals surface area contributed by atoms with Gasteiger partial charge in [-0.2, -0.15) is 0 Å². The minimum Gasteiger partial charge on any atom is -0.325 e. The highest BCUT2D eigenvalue weighted by atomic mass is 15.4. The summed E-state index contributed by atoms with van der Waals surface area (Å²) >= 11 is 0. The number of hydrogen-bond donors (Lipinski definition) is 1. The molecule has 0 fully saturated rings. The Balaban J connectivity index is 2.47. The molecule has 0 spiro atoms. The van der Waals surface area contributed by atoms with Crippen molar-refractivity contribution in [3.8, 4) is 11.3 Å². The van der Waals surface area contributed by atoms with Gasteiger partial charge in [-0.25, -0.2) is 4.68 Å². The van der Waals surface area contributed by atoms with Crippen LogP contribution in [-0.2, 0) is 13.1 Å². The first-order chi connectivity index (χ1) is 8.77. The molecule has 0 atom stereocenters. The Morgan fingerprint density at radius 2 is 2.06 bits per heavy atom. The van der Waals surface area contributed by atoms with Crippen LogP contribution in [-0.4, -0.2) is 15.0 Å². The van der Waals surface area contributed by atoms with Gasteiger partial charge in [-0.3, -0.25) is 0 Å². The number of rotatable bonds is 5. The van der Waals surface area contributed by atoms with Crippen LogP contribution in [0.1, 0.15) is 31.0 Å². The fraction of sp³-hybridized carbons (Fsp3) is 0.429. The Kier molecular flexibility index (Phi) is 4.10. The Morgan fingerprint density at radius 1 is 1.28 bits per heavy atom. The average molecular weight is 244 g/mol. The Hall–Kier alpha value is -1.68. The summed E-state index contributed by atoms with van der Waals surface area (Å²) in [4.78, 5) is 0. The second-order valence-corrected chi connectivity index (χ2v) is 4.48. The lowest BCUT2D eigenvalue weighted by Crippen LogP contribution is -2.05. The lowest BCUT2D eigenvalue weighted by molar-refractivity contribution is 0.557.